The average Bonchev–Trinajstić information content (AvgIpc) is 3.93. The van der Waals surface area contributed by atoms with Crippen LogP contribution in [-0.4, -0.2) is 20.4 Å². The molecule has 0 aliphatic rings. The molecule has 12 aromatic rings. The van der Waals surface area contributed by atoms with Crippen molar-refractivity contribution >= 4 is 53.3 Å². The quantitative estimate of drug-likeness (QED) is 0.174. The molecule has 0 radical (unpaired) electrons. The van der Waals surface area contributed by atoms with E-state index >= 15 is 0 Å². The topological polar surface area (TPSA) is 54.5 Å². The smallest absolute Gasteiger partial charge is 0.105 e. The molecule has 3 aromatic heterocycles. The second kappa shape index (κ2) is 14.9. The van der Waals surface area contributed by atoms with E-state index in [1.165, 1.54) is 25.6 Å². The molecule has 12 rings (SSSR count). The highest BCUT2D eigenvalue weighted by molar-refractivity contribution is 7.25. The molecule has 290 valence electrons. The van der Waals surface area contributed by atoms with Crippen LogP contribution in [0.3, 0.4) is 0 Å². The van der Waals surface area contributed by atoms with Crippen LogP contribution in [0.1, 0.15) is 0 Å². The summed E-state index contributed by atoms with van der Waals surface area (Å²) < 4.78 is 2.43. The number of para-hydroxylation sites is 2. The molecule has 0 spiro atoms. The van der Waals surface area contributed by atoms with Gasteiger partial charge in [-0.1, -0.05) is 194 Å². The van der Waals surface area contributed by atoms with Crippen LogP contribution in [0, 0.1) is 0 Å². The third kappa shape index (κ3) is 5.86. The van der Waals surface area contributed by atoms with Gasteiger partial charge in [-0.05, 0) is 56.8 Å². The Morgan fingerprint density at radius 2 is 0.823 bits per heavy atom. The molecular weight excluding hydrogens is 773 g/mol. The Kier molecular flexibility index (Phi) is 8.65. The number of aromatic amines is 1. The van der Waals surface area contributed by atoms with E-state index in [-0.39, 0.29) is 0 Å². The number of aromatic nitrogens is 4. The normalized spacial score (nSPS) is 11.5. The SMILES string of the molecule is c1ccc(-c2ccccc2-c2nnnc(-c3cccc4sc5ccccc5c34)c2-c2c(-c3ccccc3)ccc(-c3ccccc3)c2-c2cccc3c2[nH]c2ccccc23)cc1. The zero-order chi connectivity index (χ0) is 41.0. The monoisotopic (exact) mass is 808 g/mol. The zero-order valence-electron chi connectivity index (χ0n) is 33.5. The molecule has 1 N–H and O–H groups in total. The lowest BCUT2D eigenvalue weighted by molar-refractivity contribution is 0.879. The van der Waals surface area contributed by atoms with E-state index in [0.717, 1.165) is 94.6 Å². The molecule has 0 fully saturated rings. The minimum Gasteiger partial charge on any atom is -0.354 e. The van der Waals surface area contributed by atoms with E-state index < -0.39 is 0 Å². The van der Waals surface area contributed by atoms with Gasteiger partial charge in [0.1, 0.15) is 11.4 Å². The fourth-order valence-corrected chi connectivity index (χ4v) is 10.5. The van der Waals surface area contributed by atoms with Crippen LogP contribution in [0.5, 0.6) is 0 Å². The fourth-order valence-electron chi connectivity index (χ4n) is 9.41. The first-order valence-electron chi connectivity index (χ1n) is 20.9. The van der Waals surface area contributed by atoms with Crippen molar-refractivity contribution in [3.63, 3.8) is 0 Å². The number of H-pyrrole nitrogens is 1. The second-order valence-electron chi connectivity index (χ2n) is 15.6. The number of hydrogen-bond acceptors (Lipinski definition) is 4. The van der Waals surface area contributed by atoms with Crippen molar-refractivity contribution in [1.29, 1.82) is 0 Å². The van der Waals surface area contributed by atoms with Crippen molar-refractivity contribution in [2.45, 2.75) is 0 Å². The Labute approximate surface area is 362 Å². The maximum Gasteiger partial charge on any atom is 0.105 e. The highest BCUT2D eigenvalue weighted by Gasteiger charge is 2.29. The number of hydrogen-bond donors (Lipinski definition) is 1. The van der Waals surface area contributed by atoms with Gasteiger partial charge in [-0.2, -0.15) is 0 Å². The minimum atomic E-state index is 0.762. The number of nitrogens with zero attached hydrogens (tertiary/aromatic N) is 3. The minimum absolute atomic E-state index is 0.762. The first-order chi connectivity index (χ1) is 30.8. The number of nitrogens with one attached hydrogen (secondary N) is 1. The van der Waals surface area contributed by atoms with Crippen LogP contribution in [0.25, 0.3) is 120 Å². The maximum absolute atomic E-state index is 5.16. The molecule has 5 heteroatoms. The molecule has 9 aromatic carbocycles. The number of thiophene rings is 1. The van der Waals surface area contributed by atoms with Gasteiger partial charge in [0.05, 0.1) is 5.52 Å². The van der Waals surface area contributed by atoms with Gasteiger partial charge < -0.3 is 4.98 Å². The van der Waals surface area contributed by atoms with Gasteiger partial charge in [-0.3, -0.25) is 0 Å². The van der Waals surface area contributed by atoms with Crippen LogP contribution in [0.4, 0.5) is 0 Å². The number of benzene rings is 9. The summed E-state index contributed by atoms with van der Waals surface area (Å²) in [6, 6.07) is 75.8. The Bertz CT molecular complexity index is 3630. The number of rotatable bonds is 7. The van der Waals surface area contributed by atoms with Crippen LogP contribution >= 0.6 is 11.3 Å². The summed E-state index contributed by atoms with van der Waals surface area (Å²) in [6.07, 6.45) is 0. The molecule has 3 heterocycles. The summed E-state index contributed by atoms with van der Waals surface area (Å²) in [6.45, 7) is 0. The lowest BCUT2D eigenvalue weighted by Crippen LogP contribution is -2.04. The molecule has 62 heavy (non-hydrogen) atoms. The first kappa shape index (κ1) is 35.9. The van der Waals surface area contributed by atoms with Gasteiger partial charge in [0.15, 0.2) is 0 Å². The molecule has 0 aliphatic heterocycles. The molecule has 0 saturated heterocycles. The Morgan fingerprint density at radius 3 is 1.55 bits per heavy atom. The summed E-state index contributed by atoms with van der Waals surface area (Å²) in [5, 5.41) is 19.7. The van der Waals surface area contributed by atoms with Gasteiger partial charge in [0, 0.05) is 69.8 Å². The largest absolute Gasteiger partial charge is 0.354 e. The van der Waals surface area contributed by atoms with Crippen molar-refractivity contribution in [1.82, 2.24) is 20.4 Å². The van der Waals surface area contributed by atoms with Crippen molar-refractivity contribution in [3.8, 4) is 78.1 Å². The summed E-state index contributed by atoms with van der Waals surface area (Å²) in [4.78, 5) is 3.88. The Morgan fingerprint density at radius 1 is 0.323 bits per heavy atom. The second-order valence-corrected chi connectivity index (χ2v) is 16.7. The summed E-state index contributed by atoms with van der Waals surface area (Å²) >= 11 is 1.81. The van der Waals surface area contributed by atoms with Crippen LogP contribution < -0.4 is 0 Å². The van der Waals surface area contributed by atoms with Gasteiger partial charge in [0.2, 0.25) is 0 Å². The molecular formula is C57H36N4S. The molecule has 0 atom stereocenters. The molecule has 0 aliphatic carbocycles. The molecule has 0 saturated carbocycles. The van der Waals surface area contributed by atoms with Crippen LogP contribution in [0.15, 0.2) is 212 Å². The van der Waals surface area contributed by atoms with E-state index in [1.807, 2.05) is 11.3 Å². The van der Waals surface area contributed by atoms with Crippen molar-refractivity contribution < 1.29 is 0 Å². The van der Waals surface area contributed by atoms with Crippen LogP contribution in [-0.2, 0) is 0 Å². The molecule has 4 nitrogen and oxygen atoms in total. The zero-order valence-corrected chi connectivity index (χ0v) is 34.3. The van der Waals surface area contributed by atoms with Gasteiger partial charge >= 0.3 is 0 Å². The fraction of sp³-hybridized carbons (Fsp3) is 0. The molecule has 0 bridgehead atoms. The lowest BCUT2D eigenvalue weighted by Gasteiger charge is -2.24. The Balaban J connectivity index is 1.31. The van der Waals surface area contributed by atoms with Gasteiger partial charge in [-0.25, -0.2) is 0 Å². The van der Waals surface area contributed by atoms with Gasteiger partial charge in [-0.15, -0.1) is 21.5 Å². The average molecular weight is 809 g/mol. The van der Waals surface area contributed by atoms with E-state index in [1.54, 1.807) is 0 Å². The van der Waals surface area contributed by atoms with E-state index in [0.29, 0.717) is 0 Å². The molecule has 0 unspecified atom stereocenters. The highest BCUT2D eigenvalue weighted by atomic mass is 32.1. The molecule has 0 amide bonds. The third-order valence-corrected chi connectivity index (χ3v) is 13.3. The van der Waals surface area contributed by atoms with Crippen LogP contribution in [0.2, 0.25) is 0 Å². The summed E-state index contributed by atoms with van der Waals surface area (Å²) in [5.41, 5.74) is 16.4. The predicted molar refractivity (Wildman–Crippen MR) is 260 cm³/mol. The number of fused-ring (bicyclic) bond motifs is 6. The van der Waals surface area contributed by atoms with E-state index in [2.05, 4.69) is 217 Å². The summed E-state index contributed by atoms with van der Waals surface area (Å²) in [7, 11) is 0. The van der Waals surface area contributed by atoms with Crippen molar-refractivity contribution in [2.24, 2.45) is 0 Å². The van der Waals surface area contributed by atoms with Crippen molar-refractivity contribution in [3.05, 3.63) is 212 Å². The highest BCUT2D eigenvalue weighted by Crippen LogP contribution is 2.53. The first-order valence-corrected chi connectivity index (χ1v) is 21.7. The Hall–Kier alpha value is -7.99. The van der Waals surface area contributed by atoms with Gasteiger partial charge in [0.25, 0.3) is 0 Å². The standard InChI is InChI=1S/C57H36N4S/c1-4-18-36(19-5-1)39-24-10-11-26-43(39)56-54(57(60-61-59-56)46-30-17-33-50-51(46)45-27-13-15-32-49(45)62-50)53-41(38-22-8-3-9-23-38)35-34-40(37-20-6-2-7-21-37)52(53)47-29-16-28-44-42-25-12-14-31-48(42)58-55(44)47/h1-35,58H. The summed E-state index contributed by atoms with van der Waals surface area (Å²) in [5.74, 6) is 0. The predicted octanol–water partition coefficient (Wildman–Crippen LogP) is 15.5. The lowest BCUT2D eigenvalue weighted by atomic mass is 9.79. The van der Waals surface area contributed by atoms with E-state index in [9.17, 15) is 0 Å². The van der Waals surface area contributed by atoms with Crippen molar-refractivity contribution in [2.75, 3.05) is 0 Å². The maximum atomic E-state index is 5.16. The van der Waals surface area contributed by atoms with E-state index in [4.69, 9.17) is 15.4 Å². The third-order valence-electron chi connectivity index (χ3n) is 12.1.